The van der Waals surface area contributed by atoms with Crippen LogP contribution in [0.3, 0.4) is 0 Å². The van der Waals surface area contributed by atoms with Gasteiger partial charge >= 0.3 is 5.97 Å². The number of esters is 1. The van der Waals surface area contributed by atoms with Crippen LogP contribution in [0.2, 0.25) is 0 Å². The summed E-state index contributed by atoms with van der Waals surface area (Å²) in [5.74, 6) is 2.13. The summed E-state index contributed by atoms with van der Waals surface area (Å²) in [6, 6.07) is 11.0. The second kappa shape index (κ2) is 8.80. The van der Waals surface area contributed by atoms with Crippen LogP contribution in [0.25, 0.3) is 16.9 Å². The van der Waals surface area contributed by atoms with Crippen LogP contribution in [0.15, 0.2) is 48.9 Å². The Hall–Kier alpha value is -4.34. The monoisotopic (exact) mass is 435 g/mol. The molecule has 2 aromatic carbocycles. The molecule has 10 heteroatoms. The Morgan fingerprint density at radius 2 is 1.69 bits per heavy atom. The molecule has 4 aromatic rings. The molecule has 0 aliphatic heterocycles. The molecule has 4 rings (SSSR count). The third-order valence-electron chi connectivity index (χ3n) is 4.62. The lowest BCUT2D eigenvalue weighted by Gasteiger charge is -2.14. The van der Waals surface area contributed by atoms with E-state index in [1.54, 1.807) is 37.1 Å². The second-order valence-corrected chi connectivity index (χ2v) is 6.62. The molecule has 1 N–H and O–H groups in total. The maximum atomic E-state index is 11.5. The van der Waals surface area contributed by atoms with Crippen molar-refractivity contribution in [2.45, 2.75) is 6.92 Å². The van der Waals surface area contributed by atoms with Gasteiger partial charge in [-0.25, -0.2) is 9.97 Å². The SMILES string of the molecule is COc1cc(Nc2ncnc(-n3cc(OC(C)=O)c4ccccc43)n2)cc(OC)c1OC. The Labute approximate surface area is 183 Å². The Morgan fingerprint density at radius 3 is 2.34 bits per heavy atom. The van der Waals surface area contributed by atoms with E-state index in [-0.39, 0.29) is 0 Å². The molecule has 0 atom stereocenters. The molecule has 0 aliphatic carbocycles. The number of anilines is 2. The lowest BCUT2D eigenvalue weighted by Crippen LogP contribution is -2.05. The lowest BCUT2D eigenvalue weighted by molar-refractivity contribution is -0.131. The Kier molecular flexibility index (Phi) is 5.75. The van der Waals surface area contributed by atoms with Crippen molar-refractivity contribution in [1.82, 2.24) is 19.5 Å². The van der Waals surface area contributed by atoms with Gasteiger partial charge in [-0.05, 0) is 12.1 Å². The molecule has 0 unspecified atom stereocenters. The van der Waals surface area contributed by atoms with Crippen LogP contribution in [0.1, 0.15) is 6.92 Å². The van der Waals surface area contributed by atoms with Crippen molar-refractivity contribution >= 4 is 28.5 Å². The fraction of sp³-hybridized carbons (Fsp3) is 0.182. The quantitative estimate of drug-likeness (QED) is 0.436. The largest absolute Gasteiger partial charge is 0.493 e. The van der Waals surface area contributed by atoms with E-state index in [0.29, 0.717) is 40.6 Å². The first-order valence-electron chi connectivity index (χ1n) is 9.59. The van der Waals surface area contributed by atoms with Crippen molar-refractivity contribution < 1.29 is 23.7 Å². The molecular weight excluding hydrogens is 414 g/mol. The Balaban J connectivity index is 1.72. The van der Waals surface area contributed by atoms with E-state index in [2.05, 4.69) is 20.3 Å². The minimum atomic E-state index is -0.409. The zero-order valence-electron chi connectivity index (χ0n) is 17.9. The van der Waals surface area contributed by atoms with Crippen LogP contribution >= 0.6 is 0 Å². The predicted molar refractivity (Wildman–Crippen MR) is 117 cm³/mol. The number of fused-ring (bicyclic) bond motifs is 1. The highest BCUT2D eigenvalue weighted by Crippen LogP contribution is 2.40. The molecule has 0 saturated heterocycles. The summed E-state index contributed by atoms with van der Waals surface area (Å²) in [6.45, 7) is 1.36. The minimum absolute atomic E-state index is 0.302. The van der Waals surface area contributed by atoms with Crippen LogP contribution in [-0.4, -0.2) is 46.8 Å². The third kappa shape index (κ3) is 3.97. The first kappa shape index (κ1) is 20.9. The van der Waals surface area contributed by atoms with Crippen molar-refractivity contribution in [3.8, 4) is 28.9 Å². The fourth-order valence-electron chi connectivity index (χ4n) is 3.30. The van der Waals surface area contributed by atoms with Crippen molar-refractivity contribution in [2.24, 2.45) is 0 Å². The van der Waals surface area contributed by atoms with Crippen LogP contribution < -0.4 is 24.3 Å². The van der Waals surface area contributed by atoms with E-state index in [9.17, 15) is 4.79 Å². The third-order valence-corrected chi connectivity index (χ3v) is 4.62. The smallest absolute Gasteiger partial charge is 0.308 e. The van der Waals surface area contributed by atoms with Crippen molar-refractivity contribution in [2.75, 3.05) is 26.6 Å². The molecule has 0 fully saturated rings. The summed E-state index contributed by atoms with van der Waals surface area (Å²) >= 11 is 0. The van der Waals surface area contributed by atoms with Crippen LogP contribution in [0.5, 0.6) is 23.0 Å². The molecular formula is C22H21N5O5. The number of carbonyl (C=O) groups is 1. The van der Waals surface area contributed by atoms with Crippen molar-refractivity contribution in [3.05, 3.63) is 48.9 Å². The summed E-state index contributed by atoms with van der Waals surface area (Å²) in [5, 5.41) is 3.89. The first-order valence-corrected chi connectivity index (χ1v) is 9.59. The van der Waals surface area contributed by atoms with Crippen LogP contribution in [0.4, 0.5) is 11.6 Å². The normalized spacial score (nSPS) is 10.6. The summed E-state index contributed by atoms with van der Waals surface area (Å²) in [7, 11) is 4.62. The second-order valence-electron chi connectivity index (χ2n) is 6.62. The van der Waals surface area contributed by atoms with Gasteiger partial charge in [-0.1, -0.05) is 12.1 Å². The van der Waals surface area contributed by atoms with Gasteiger partial charge in [-0.2, -0.15) is 4.98 Å². The number of rotatable bonds is 7. The van der Waals surface area contributed by atoms with Gasteiger partial charge in [0.1, 0.15) is 6.33 Å². The van der Waals surface area contributed by atoms with Gasteiger partial charge < -0.3 is 24.3 Å². The standard InChI is InChI=1S/C22H21N5O5/c1-13(28)32-19-11-27(16-8-6-5-7-15(16)19)22-24-12-23-21(26-22)25-14-9-17(29-2)20(31-4)18(10-14)30-3/h5-12H,1-4H3,(H,23,24,25,26). The van der Waals surface area contributed by atoms with Crippen LogP contribution in [0, 0.1) is 0 Å². The van der Waals surface area contributed by atoms with Gasteiger partial charge in [0.25, 0.3) is 0 Å². The number of hydrogen-bond acceptors (Lipinski definition) is 9. The molecule has 2 aromatic heterocycles. The zero-order valence-corrected chi connectivity index (χ0v) is 17.9. The number of hydrogen-bond donors (Lipinski definition) is 1. The Bertz CT molecular complexity index is 1260. The topological polar surface area (TPSA) is 110 Å². The van der Waals surface area contributed by atoms with Gasteiger partial charge in [0.2, 0.25) is 17.6 Å². The van der Waals surface area contributed by atoms with E-state index in [1.165, 1.54) is 20.4 Å². The molecule has 0 aliphatic rings. The molecule has 0 spiro atoms. The van der Waals surface area contributed by atoms with Gasteiger partial charge in [-0.15, -0.1) is 0 Å². The average Bonchev–Trinajstić information content (AvgIpc) is 3.16. The highest BCUT2D eigenvalue weighted by Gasteiger charge is 2.16. The van der Waals surface area contributed by atoms with E-state index < -0.39 is 5.97 Å². The van der Waals surface area contributed by atoms with E-state index in [1.807, 2.05) is 24.3 Å². The van der Waals surface area contributed by atoms with E-state index >= 15 is 0 Å². The van der Waals surface area contributed by atoms with Crippen LogP contribution in [-0.2, 0) is 4.79 Å². The number of nitrogens with zero attached hydrogens (tertiary/aromatic N) is 4. The summed E-state index contributed by atoms with van der Waals surface area (Å²) in [4.78, 5) is 24.5. The zero-order chi connectivity index (χ0) is 22.7. The molecule has 32 heavy (non-hydrogen) atoms. The highest BCUT2D eigenvalue weighted by molar-refractivity contribution is 5.90. The van der Waals surface area contributed by atoms with Gasteiger partial charge in [-0.3, -0.25) is 9.36 Å². The molecule has 0 radical (unpaired) electrons. The number of benzene rings is 2. The number of aromatic nitrogens is 4. The number of para-hydroxylation sites is 1. The maximum Gasteiger partial charge on any atom is 0.308 e. The number of nitrogens with one attached hydrogen (secondary N) is 1. The lowest BCUT2D eigenvalue weighted by atomic mass is 10.2. The molecule has 2 heterocycles. The molecule has 0 amide bonds. The number of methoxy groups -OCH3 is 3. The minimum Gasteiger partial charge on any atom is -0.493 e. The summed E-state index contributed by atoms with van der Waals surface area (Å²) in [5.41, 5.74) is 1.42. The molecule has 0 saturated carbocycles. The number of carbonyl (C=O) groups excluding carboxylic acids is 1. The summed E-state index contributed by atoms with van der Waals surface area (Å²) < 4.78 is 23.2. The van der Waals surface area contributed by atoms with Crippen molar-refractivity contribution in [1.29, 1.82) is 0 Å². The van der Waals surface area contributed by atoms with E-state index in [4.69, 9.17) is 18.9 Å². The van der Waals surface area contributed by atoms with Crippen molar-refractivity contribution in [3.63, 3.8) is 0 Å². The Morgan fingerprint density at radius 1 is 0.969 bits per heavy atom. The van der Waals surface area contributed by atoms with E-state index in [0.717, 1.165) is 10.9 Å². The first-order chi connectivity index (χ1) is 15.5. The fourth-order valence-corrected chi connectivity index (χ4v) is 3.30. The maximum absolute atomic E-state index is 11.5. The average molecular weight is 435 g/mol. The molecule has 10 nitrogen and oxygen atoms in total. The van der Waals surface area contributed by atoms with Gasteiger partial charge in [0, 0.05) is 30.1 Å². The highest BCUT2D eigenvalue weighted by atomic mass is 16.5. The van der Waals surface area contributed by atoms with Gasteiger partial charge in [0.15, 0.2) is 17.2 Å². The molecule has 0 bridgehead atoms. The predicted octanol–water partition coefficient (Wildman–Crippen LogP) is 3.51. The summed E-state index contributed by atoms with van der Waals surface area (Å²) in [6.07, 6.45) is 3.06. The van der Waals surface area contributed by atoms with Gasteiger partial charge in [0.05, 0.1) is 33.0 Å². The number of ether oxygens (including phenoxy) is 4. The molecule has 164 valence electrons.